The number of rotatable bonds is 3. The highest BCUT2D eigenvalue weighted by molar-refractivity contribution is 6.30. The van der Waals surface area contributed by atoms with Crippen molar-refractivity contribution >= 4 is 11.6 Å². The zero-order valence-electron chi connectivity index (χ0n) is 7.91. The zero-order valence-corrected chi connectivity index (χ0v) is 8.67. The largest absolute Gasteiger partial charge is 0.391 e. The first-order valence-electron chi connectivity index (χ1n) is 4.91. The fourth-order valence-electron chi connectivity index (χ4n) is 1.64. The second kappa shape index (κ2) is 4.30. The summed E-state index contributed by atoms with van der Waals surface area (Å²) in [5.74, 6) is 0. The molecule has 0 spiro atoms. The van der Waals surface area contributed by atoms with Gasteiger partial charge in [0.2, 0.25) is 0 Å². The molecular formula is C11H14ClNO. The van der Waals surface area contributed by atoms with Crippen molar-refractivity contribution < 1.29 is 5.11 Å². The minimum absolute atomic E-state index is 0.273. The second-order valence-electron chi connectivity index (χ2n) is 3.75. The fraction of sp³-hybridized carbons (Fsp3) is 0.455. The second-order valence-corrected chi connectivity index (χ2v) is 4.18. The van der Waals surface area contributed by atoms with Gasteiger partial charge in [0.15, 0.2) is 0 Å². The first-order valence-corrected chi connectivity index (χ1v) is 5.29. The molecule has 1 aliphatic heterocycles. The third-order valence-electron chi connectivity index (χ3n) is 2.68. The Morgan fingerprint density at radius 3 is 2.57 bits per heavy atom. The summed E-state index contributed by atoms with van der Waals surface area (Å²) in [5, 5.41) is 13.7. The molecule has 0 amide bonds. The molecule has 1 aromatic carbocycles. The van der Waals surface area contributed by atoms with Gasteiger partial charge in [0, 0.05) is 11.1 Å². The number of aliphatic hydroxyl groups excluding tert-OH is 1. The van der Waals surface area contributed by atoms with Crippen LogP contribution in [-0.2, 0) is 6.42 Å². The van der Waals surface area contributed by atoms with Gasteiger partial charge in [-0.3, -0.25) is 0 Å². The van der Waals surface area contributed by atoms with Crippen LogP contribution in [0.25, 0.3) is 0 Å². The van der Waals surface area contributed by atoms with Crippen molar-refractivity contribution in [2.45, 2.75) is 25.0 Å². The van der Waals surface area contributed by atoms with E-state index in [1.807, 2.05) is 24.3 Å². The maximum atomic E-state index is 9.80. The molecule has 0 bridgehead atoms. The van der Waals surface area contributed by atoms with Crippen molar-refractivity contribution in [2.75, 3.05) is 6.54 Å². The first kappa shape index (κ1) is 9.97. The lowest BCUT2D eigenvalue weighted by Gasteiger charge is -2.32. The highest BCUT2D eigenvalue weighted by Crippen LogP contribution is 2.15. The van der Waals surface area contributed by atoms with Gasteiger partial charge in [-0.15, -0.1) is 0 Å². The minimum Gasteiger partial charge on any atom is -0.391 e. The molecule has 1 heterocycles. The summed E-state index contributed by atoms with van der Waals surface area (Å²) in [6.45, 7) is 1.03. The van der Waals surface area contributed by atoms with Crippen molar-refractivity contribution in [3.05, 3.63) is 34.9 Å². The number of hydrogen-bond donors (Lipinski definition) is 2. The molecule has 0 radical (unpaired) electrons. The van der Waals surface area contributed by atoms with Crippen molar-refractivity contribution in [1.29, 1.82) is 0 Å². The van der Waals surface area contributed by atoms with Crippen molar-refractivity contribution in [3.8, 4) is 0 Å². The zero-order chi connectivity index (χ0) is 9.97. The maximum Gasteiger partial charge on any atom is 0.0733 e. The van der Waals surface area contributed by atoms with Crippen LogP contribution < -0.4 is 5.32 Å². The molecule has 1 aromatic rings. The fourth-order valence-corrected chi connectivity index (χ4v) is 1.77. The van der Waals surface area contributed by atoms with Crippen LogP contribution in [0.4, 0.5) is 0 Å². The Balaban J connectivity index is 1.92. The molecule has 2 rings (SSSR count). The maximum absolute atomic E-state index is 9.80. The lowest BCUT2D eigenvalue weighted by molar-refractivity contribution is 0.0956. The van der Waals surface area contributed by atoms with Gasteiger partial charge < -0.3 is 10.4 Å². The molecule has 1 fully saturated rings. The quantitative estimate of drug-likeness (QED) is 0.796. The predicted molar refractivity (Wildman–Crippen MR) is 57.6 cm³/mol. The highest BCUT2D eigenvalue weighted by Gasteiger charge is 2.24. The van der Waals surface area contributed by atoms with Gasteiger partial charge in [0.1, 0.15) is 0 Å². The van der Waals surface area contributed by atoms with Gasteiger partial charge in [-0.05, 0) is 37.1 Å². The van der Waals surface area contributed by atoms with Gasteiger partial charge in [-0.25, -0.2) is 0 Å². The molecule has 14 heavy (non-hydrogen) atoms. The van der Waals surface area contributed by atoms with E-state index < -0.39 is 0 Å². The average molecular weight is 212 g/mol. The van der Waals surface area contributed by atoms with Crippen LogP contribution in [0.3, 0.4) is 0 Å². The van der Waals surface area contributed by atoms with Crippen LogP contribution in [-0.4, -0.2) is 23.8 Å². The Labute approximate surface area is 88.9 Å². The van der Waals surface area contributed by atoms with Crippen molar-refractivity contribution in [3.63, 3.8) is 0 Å². The molecule has 2 atom stereocenters. The Morgan fingerprint density at radius 1 is 1.43 bits per heavy atom. The van der Waals surface area contributed by atoms with E-state index >= 15 is 0 Å². The third-order valence-corrected chi connectivity index (χ3v) is 2.94. The molecule has 1 aliphatic rings. The van der Waals surface area contributed by atoms with E-state index in [2.05, 4.69) is 5.32 Å². The highest BCUT2D eigenvalue weighted by atomic mass is 35.5. The lowest BCUT2D eigenvalue weighted by Crippen LogP contribution is -2.51. The Hall–Kier alpha value is -0.570. The van der Waals surface area contributed by atoms with Crippen molar-refractivity contribution in [1.82, 2.24) is 5.32 Å². The summed E-state index contributed by atoms with van der Waals surface area (Å²) < 4.78 is 0. The minimum atomic E-state index is -0.273. The molecule has 0 aromatic heterocycles. The van der Waals surface area contributed by atoms with Crippen LogP contribution >= 0.6 is 11.6 Å². The summed E-state index contributed by atoms with van der Waals surface area (Å²) in [5.41, 5.74) is 1.13. The summed E-state index contributed by atoms with van der Waals surface area (Å²) >= 11 is 5.77. The Kier molecular flexibility index (Phi) is 3.06. The number of hydrogen-bond acceptors (Lipinski definition) is 2. The first-order chi connectivity index (χ1) is 6.75. The standard InChI is InChI=1S/C11H14ClNO/c12-9-3-1-8(2-4-9)7-11(14)10-5-6-13-10/h1-4,10-11,13-14H,5-7H2. The van der Waals surface area contributed by atoms with E-state index in [1.54, 1.807) is 0 Å². The van der Waals surface area contributed by atoms with E-state index in [9.17, 15) is 5.11 Å². The van der Waals surface area contributed by atoms with Gasteiger partial charge >= 0.3 is 0 Å². The van der Waals surface area contributed by atoms with Crippen LogP contribution in [0.2, 0.25) is 5.02 Å². The summed E-state index contributed by atoms with van der Waals surface area (Å²) in [6, 6.07) is 7.93. The molecule has 0 aliphatic carbocycles. The molecule has 2 unspecified atom stereocenters. The molecule has 3 heteroatoms. The topological polar surface area (TPSA) is 32.3 Å². The molecule has 76 valence electrons. The Morgan fingerprint density at radius 2 is 2.07 bits per heavy atom. The number of benzene rings is 1. The van der Waals surface area contributed by atoms with Crippen LogP contribution in [0, 0.1) is 0 Å². The molecule has 0 saturated carbocycles. The molecule has 2 N–H and O–H groups in total. The van der Waals surface area contributed by atoms with Crippen LogP contribution in [0.5, 0.6) is 0 Å². The number of halogens is 1. The van der Waals surface area contributed by atoms with E-state index in [1.165, 1.54) is 0 Å². The number of nitrogens with one attached hydrogen (secondary N) is 1. The van der Waals surface area contributed by atoms with E-state index in [0.29, 0.717) is 6.42 Å². The summed E-state index contributed by atoms with van der Waals surface area (Å²) in [6.07, 6.45) is 1.51. The SMILES string of the molecule is OC(Cc1ccc(Cl)cc1)C1CCN1. The predicted octanol–water partition coefficient (Wildman–Crippen LogP) is 1.61. The average Bonchev–Trinajstić information content (AvgIpc) is 2.06. The van der Waals surface area contributed by atoms with Gasteiger partial charge in [-0.2, -0.15) is 0 Å². The lowest BCUT2D eigenvalue weighted by atomic mass is 9.95. The van der Waals surface area contributed by atoms with E-state index in [4.69, 9.17) is 11.6 Å². The third kappa shape index (κ3) is 2.27. The van der Waals surface area contributed by atoms with Crippen LogP contribution in [0.15, 0.2) is 24.3 Å². The van der Waals surface area contributed by atoms with Crippen molar-refractivity contribution in [2.24, 2.45) is 0 Å². The van der Waals surface area contributed by atoms with Gasteiger partial charge in [0.05, 0.1) is 6.10 Å². The summed E-state index contributed by atoms with van der Waals surface area (Å²) in [7, 11) is 0. The number of aliphatic hydroxyl groups is 1. The smallest absolute Gasteiger partial charge is 0.0733 e. The monoisotopic (exact) mass is 211 g/mol. The Bertz CT molecular complexity index is 295. The normalized spacial score (nSPS) is 22.9. The molecule has 2 nitrogen and oxygen atoms in total. The summed E-state index contributed by atoms with van der Waals surface area (Å²) in [4.78, 5) is 0. The molecule has 1 saturated heterocycles. The molecular weight excluding hydrogens is 198 g/mol. The van der Waals surface area contributed by atoms with E-state index in [-0.39, 0.29) is 12.1 Å². The van der Waals surface area contributed by atoms with E-state index in [0.717, 1.165) is 23.6 Å². The van der Waals surface area contributed by atoms with Gasteiger partial charge in [-0.1, -0.05) is 23.7 Å². The van der Waals surface area contributed by atoms with Gasteiger partial charge in [0.25, 0.3) is 0 Å². The van der Waals surface area contributed by atoms with Crippen LogP contribution in [0.1, 0.15) is 12.0 Å².